The number of hydrogen-bond donors (Lipinski definition) is 1. The second-order valence-corrected chi connectivity index (χ2v) is 14.4. The fraction of sp³-hybridized carbons (Fsp3) is 0.907. The van der Waals surface area contributed by atoms with Gasteiger partial charge >= 0.3 is 11.9 Å². The minimum atomic E-state index is -0.765. The molecule has 284 valence electrons. The van der Waals surface area contributed by atoms with E-state index in [1.54, 1.807) is 0 Å². The molecule has 0 aliphatic heterocycles. The molecule has 0 amide bonds. The Labute approximate surface area is 299 Å². The smallest absolute Gasteiger partial charge is 0.306 e. The van der Waals surface area contributed by atoms with Crippen molar-refractivity contribution in [2.75, 3.05) is 13.2 Å². The molecule has 0 rings (SSSR count). The summed E-state index contributed by atoms with van der Waals surface area (Å²) >= 11 is 0. The van der Waals surface area contributed by atoms with Crippen LogP contribution in [-0.2, 0) is 19.1 Å². The average molecular weight is 679 g/mol. The Morgan fingerprint density at radius 1 is 0.458 bits per heavy atom. The van der Waals surface area contributed by atoms with E-state index in [0.717, 1.165) is 32.1 Å². The Balaban J connectivity index is 3.50. The van der Waals surface area contributed by atoms with Gasteiger partial charge in [-0.15, -0.1) is 0 Å². The predicted molar refractivity (Wildman–Crippen MR) is 205 cm³/mol. The van der Waals surface area contributed by atoms with Crippen molar-refractivity contribution in [2.45, 2.75) is 238 Å². The fourth-order valence-corrected chi connectivity index (χ4v) is 6.31. The molecule has 0 saturated carbocycles. The largest absolute Gasteiger partial charge is 0.462 e. The van der Waals surface area contributed by atoms with E-state index in [0.29, 0.717) is 12.8 Å². The first-order valence-corrected chi connectivity index (χ1v) is 21.2. The van der Waals surface area contributed by atoms with Crippen molar-refractivity contribution >= 4 is 11.9 Å². The van der Waals surface area contributed by atoms with Crippen LogP contribution >= 0.6 is 0 Å². The quantitative estimate of drug-likeness (QED) is 0.0398. The van der Waals surface area contributed by atoms with Crippen molar-refractivity contribution in [3.05, 3.63) is 12.2 Å². The number of aliphatic hydroxyl groups excluding tert-OH is 1. The van der Waals surface area contributed by atoms with Gasteiger partial charge < -0.3 is 14.6 Å². The van der Waals surface area contributed by atoms with Crippen LogP contribution in [0.2, 0.25) is 0 Å². The number of hydrogen-bond acceptors (Lipinski definition) is 5. The summed E-state index contributed by atoms with van der Waals surface area (Å²) in [6.45, 7) is 4.16. The number of unbranched alkanes of at least 4 members (excludes halogenated alkanes) is 29. The molecule has 1 N–H and O–H groups in total. The molecule has 0 aliphatic rings. The highest BCUT2D eigenvalue weighted by molar-refractivity contribution is 5.70. The fourth-order valence-electron chi connectivity index (χ4n) is 6.31. The summed E-state index contributed by atoms with van der Waals surface area (Å²) in [6.07, 6.45) is 45.6. The Morgan fingerprint density at radius 3 is 1.12 bits per heavy atom. The molecular formula is C43H82O5. The molecule has 0 aromatic rings. The lowest BCUT2D eigenvalue weighted by atomic mass is 10.0. The van der Waals surface area contributed by atoms with E-state index in [9.17, 15) is 14.7 Å². The van der Waals surface area contributed by atoms with Gasteiger partial charge in [0.15, 0.2) is 6.10 Å². The van der Waals surface area contributed by atoms with E-state index >= 15 is 0 Å². The van der Waals surface area contributed by atoms with Crippen LogP contribution in [0.15, 0.2) is 12.2 Å². The molecule has 0 aliphatic carbocycles. The van der Waals surface area contributed by atoms with E-state index in [2.05, 4.69) is 26.0 Å². The summed E-state index contributed by atoms with van der Waals surface area (Å²) in [6, 6.07) is 0. The third kappa shape index (κ3) is 37.5. The van der Waals surface area contributed by atoms with Crippen LogP contribution in [0.3, 0.4) is 0 Å². The first-order chi connectivity index (χ1) is 23.6. The zero-order valence-electron chi connectivity index (χ0n) is 32.3. The zero-order chi connectivity index (χ0) is 35.0. The van der Waals surface area contributed by atoms with Gasteiger partial charge in [0, 0.05) is 12.8 Å². The van der Waals surface area contributed by atoms with Crippen LogP contribution in [0.4, 0.5) is 0 Å². The van der Waals surface area contributed by atoms with Crippen molar-refractivity contribution in [2.24, 2.45) is 0 Å². The van der Waals surface area contributed by atoms with Crippen molar-refractivity contribution in [3.63, 3.8) is 0 Å². The first kappa shape index (κ1) is 46.6. The van der Waals surface area contributed by atoms with Gasteiger partial charge in [-0.1, -0.05) is 193 Å². The van der Waals surface area contributed by atoms with Gasteiger partial charge in [0.25, 0.3) is 0 Å². The molecule has 0 heterocycles. The van der Waals surface area contributed by atoms with Gasteiger partial charge in [0.05, 0.1) is 6.61 Å². The van der Waals surface area contributed by atoms with Crippen molar-refractivity contribution in [3.8, 4) is 0 Å². The van der Waals surface area contributed by atoms with Crippen LogP contribution in [-0.4, -0.2) is 36.4 Å². The Bertz CT molecular complexity index is 691. The molecule has 48 heavy (non-hydrogen) atoms. The third-order valence-electron chi connectivity index (χ3n) is 9.56. The summed E-state index contributed by atoms with van der Waals surface area (Å²) in [5.41, 5.74) is 0. The maximum atomic E-state index is 12.2. The number of aliphatic hydroxyl groups is 1. The SMILES string of the molecule is CCCCCCCC/C=C\CCCCCCCCCCCC(=O)O[C@@H](CO)COC(=O)CCCCCCCCCCCCCCCCC. The molecule has 0 aromatic carbocycles. The van der Waals surface area contributed by atoms with Crippen LogP contribution in [0.1, 0.15) is 232 Å². The number of ether oxygens (including phenoxy) is 2. The highest BCUT2D eigenvalue weighted by Crippen LogP contribution is 2.15. The summed E-state index contributed by atoms with van der Waals surface area (Å²) in [5, 5.41) is 9.57. The second-order valence-electron chi connectivity index (χ2n) is 14.4. The first-order valence-electron chi connectivity index (χ1n) is 21.2. The molecule has 1 atom stereocenters. The highest BCUT2D eigenvalue weighted by Gasteiger charge is 2.16. The molecule has 0 fully saturated rings. The van der Waals surface area contributed by atoms with Crippen LogP contribution < -0.4 is 0 Å². The predicted octanol–water partition coefficient (Wildman–Crippen LogP) is 13.3. The summed E-state index contributed by atoms with van der Waals surface area (Å²) in [4.78, 5) is 24.3. The Hall–Kier alpha value is -1.36. The number of esters is 2. The Kier molecular flexibility index (Phi) is 38.9. The lowest BCUT2D eigenvalue weighted by Crippen LogP contribution is -2.28. The van der Waals surface area contributed by atoms with Crippen LogP contribution in [0, 0.1) is 0 Å². The van der Waals surface area contributed by atoms with E-state index in [4.69, 9.17) is 9.47 Å². The molecular weight excluding hydrogens is 596 g/mol. The molecule has 0 spiro atoms. The molecule has 5 heteroatoms. The number of allylic oxidation sites excluding steroid dienone is 2. The van der Waals surface area contributed by atoms with Gasteiger partial charge in [0.1, 0.15) is 6.61 Å². The normalized spacial score (nSPS) is 12.1. The number of rotatable bonds is 39. The van der Waals surface area contributed by atoms with E-state index in [1.165, 1.54) is 173 Å². The van der Waals surface area contributed by atoms with Crippen molar-refractivity contribution in [1.82, 2.24) is 0 Å². The van der Waals surface area contributed by atoms with Crippen molar-refractivity contribution < 1.29 is 24.2 Å². The van der Waals surface area contributed by atoms with Gasteiger partial charge in [0.2, 0.25) is 0 Å². The third-order valence-corrected chi connectivity index (χ3v) is 9.56. The van der Waals surface area contributed by atoms with Gasteiger partial charge in [-0.05, 0) is 38.5 Å². The van der Waals surface area contributed by atoms with E-state index in [1.807, 2.05) is 0 Å². The highest BCUT2D eigenvalue weighted by atomic mass is 16.6. The van der Waals surface area contributed by atoms with Crippen LogP contribution in [0.5, 0.6) is 0 Å². The monoisotopic (exact) mass is 679 g/mol. The van der Waals surface area contributed by atoms with Gasteiger partial charge in [-0.2, -0.15) is 0 Å². The van der Waals surface area contributed by atoms with Gasteiger partial charge in [-0.25, -0.2) is 0 Å². The maximum absolute atomic E-state index is 12.2. The molecule has 0 radical (unpaired) electrons. The molecule has 0 unspecified atom stereocenters. The number of carbonyl (C=O) groups is 2. The maximum Gasteiger partial charge on any atom is 0.306 e. The topological polar surface area (TPSA) is 72.8 Å². The molecule has 5 nitrogen and oxygen atoms in total. The summed E-state index contributed by atoms with van der Waals surface area (Å²) in [7, 11) is 0. The lowest BCUT2D eigenvalue weighted by molar-refractivity contribution is -0.161. The van der Waals surface area contributed by atoms with Gasteiger partial charge in [-0.3, -0.25) is 9.59 Å². The number of carbonyl (C=O) groups excluding carboxylic acids is 2. The summed E-state index contributed by atoms with van der Waals surface area (Å²) in [5.74, 6) is -0.580. The van der Waals surface area contributed by atoms with E-state index in [-0.39, 0.29) is 25.2 Å². The minimum Gasteiger partial charge on any atom is -0.462 e. The second kappa shape index (κ2) is 40.1. The molecule has 0 bridgehead atoms. The standard InChI is InChI=1S/C43H82O5/c1-3-5-7-9-11-13-15-17-19-20-21-22-24-26-28-30-32-34-36-38-43(46)48-41(39-44)40-47-42(45)37-35-33-31-29-27-25-23-18-16-14-12-10-8-6-4-2/h17,19,41,44H,3-16,18,20-40H2,1-2H3/b19-17-/t41-/m0/s1. The molecule has 0 aromatic heterocycles. The van der Waals surface area contributed by atoms with E-state index < -0.39 is 6.10 Å². The lowest BCUT2D eigenvalue weighted by Gasteiger charge is -2.15. The minimum absolute atomic E-state index is 0.0602. The Morgan fingerprint density at radius 2 is 0.771 bits per heavy atom. The average Bonchev–Trinajstić information content (AvgIpc) is 3.09. The molecule has 0 saturated heterocycles. The van der Waals surface area contributed by atoms with Crippen LogP contribution in [0.25, 0.3) is 0 Å². The zero-order valence-corrected chi connectivity index (χ0v) is 32.3. The van der Waals surface area contributed by atoms with Crippen molar-refractivity contribution in [1.29, 1.82) is 0 Å². The summed E-state index contributed by atoms with van der Waals surface area (Å²) < 4.78 is 10.6.